The molecule has 2 saturated heterocycles. The molecule has 2 fully saturated rings. The zero-order chi connectivity index (χ0) is 12.4. The fourth-order valence-electron chi connectivity index (χ4n) is 3.11. The minimum Gasteiger partial charge on any atom is -0.472 e. The maximum absolute atomic E-state index is 9.79. The Hall–Kier alpha value is -0.840. The van der Waals surface area contributed by atoms with Crippen LogP contribution < -0.4 is 0 Å². The van der Waals surface area contributed by atoms with Crippen molar-refractivity contribution in [2.75, 3.05) is 19.7 Å². The molecular formula is C14H21NO3. The van der Waals surface area contributed by atoms with Gasteiger partial charge in [-0.25, -0.2) is 0 Å². The van der Waals surface area contributed by atoms with Gasteiger partial charge in [-0.1, -0.05) is 0 Å². The Balaban J connectivity index is 1.54. The summed E-state index contributed by atoms with van der Waals surface area (Å²) in [5, 5.41) is 9.79. The molecule has 0 radical (unpaired) electrons. The normalized spacial score (nSPS) is 28.6. The van der Waals surface area contributed by atoms with Crippen molar-refractivity contribution >= 4 is 0 Å². The Morgan fingerprint density at radius 2 is 2.22 bits per heavy atom. The van der Waals surface area contributed by atoms with Crippen molar-refractivity contribution in [3.63, 3.8) is 0 Å². The van der Waals surface area contributed by atoms with E-state index in [1.54, 1.807) is 6.26 Å². The molecule has 4 nitrogen and oxygen atoms in total. The van der Waals surface area contributed by atoms with Gasteiger partial charge in [0.25, 0.3) is 0 Å². The third kappa shape index (κ3) is 2.60. The average Bonchev–Trinajstić information content (AvgIpc) is 2.85. The van der Waals surface area contributed by atoms with E-state index >= 15 is 0 Å². The van der Waals surface area contributed by atoms with Crippen molar-refractivity contribution in [3.8, 4) is 0 Å². The van der Waals surface area contributed by atoms with E-state index in [1.165, 1.54) is 5.56 Å². The Kier molecular flexibility index (Phi) is 3.41. The van der Waals surface area contributed by atoms with Gasteiger partial charge < -0.3 is 14.3 Å². The van der Waals surface area contributed by atoms with Crippen LogP contribution in [-0.2, 0) is 11.3 Å². The SMILES string of the molecule is OC1CCOC2(CCN(Cc3ccoc3)CC2)C1. The van der Waals surface area contributed by atoms with Crippen LogP contribution in [0.25, 0.3) is 0 Å². The maximum atomic E-state index is 9.79. The lowest BCUT2D eigenvalue weighted by Crippen LogP contribution is -2.50. The number of hydrogen-bond donors (Lipinski definition) is 1. The number of nitrogens with zero attached hydrogens (tertiary/aromatic N) is 1. The Labute approximate surface area is 108 Å². The first-order valence-corrected chi connectivity index (χ1v) is 6.81. The second-order valence-corrected chi connectivity index (χ2v) is 5.59. The maximum Gasteiger partial charge on any atom is 0.0947 e. The van der Waals surface area contributed by atoms with Crippen molar-refractivity contribution in [2.45, 2.75) is 43.9 Å². The highest BCUT2D eigenvalue weighted by molar-refractivity contribution is 5.05. The summed E-state index contributed by atoms with van der Waals surface area (Å²) in [6, 6.07) is 2.02. The predicted molar refractivity (Wildman–Crippen MR) is 67.1 cm³/mol. The van der Waals surface area contributed by atoms with Crippen LogP contribution in [-0.4, -0.2) is 41.4 Å². The highest BCUT2D eigenvalue weighted by Gasteiger charge is 2.39. The van der Waals surface area contributed by atoms with Crippen LogP contribution in [0.4, 0.5) is 0 Å². The number of aliphatic hydroxyl groups is 1. The van der Waals surface area contributed by atoms with Crippen LogP contribution in [0.2, 0.25) is 0 Å². The van der Waals surface area contributed by atoms with E-state index in [2.05, 4.69) is 4.90 Å². The van der Waals surface area contributed by atoms with Crippen LogP contribution >= 0.6 is 0 Å². The van der Waals surface area contributed by atoms with Gasteiger partial charge in [0.15, 0.2) is 0 Å². The molecule has 2 aliphatic rings. The summed E-state index contributed by atoms with van der Waals surface area (Å²) in [6.45, 7) is 3.74. The molecule has 3 heterocycles. The number of furan rings is 1. The number of hydrogen-bond acceptors (Lipinski definition) is 4. The molecule has 1 atom stereocenters. The summed E-state index contributed by atoms with van der Waals surface area (Å²) in [5.74, 6) is 0. The first-order valence-electron chi connectivity index (χ1n) is 6.81. The number of likely N-dealkylation sites (tertiary alicyclic amines) is 1. The Morgan fingerprint density at radius 3 is 2.89 bits per heavy atom. The summed E-state index contributed by atoms with van der Waals surface area (Å²) in [4.78, 5) is 2.43. The monoisotopic (exact) mass is 251 g/mol. The predicted octanol–water partition coefficient (Wildman–Crippen LogP) is 1.79. The molecule has 1 N–H and O–H groups in total. The third-order valence-corrected chi connectivity index (χ3v) is 4.22. The molecule has 0 aromatic carbocycles. The Bertz CT molecular complexity index is 368. The molecular weight excluding hydrogens is 230 g/mol. The fraction of sp³-hybridized carbons (Fsp3) is 0.714. The molecule has 2 aliphatic heterocycles. The molecule has 18 heavy (non-hydrogen) atoms. The summed E-state index contributed by atoms with van der Waals surface area (Å²) in [7, 11) is 0. The molecule has 1 spiro atoms. The van der Waals surface area contributed by atoms with E-state index in [9.17, 15) is 5.11 Å². The van der Waals surface area contributed by atoms with E-state index in [4.69, 9.17) is 9.15 Å². The van der Waals surface area contributed by atoms with Crippen molar-refractivity contribution < 1.29 is 14.3 Å². The lowest BCUT2D eigenvalue weighted by Gasteiger charge is -2.45. The zero-order valence-corrected chi connectivity index (χ0v) is 10.7. The van der Waals surface area contributed by atoms with Gasteiger partial charge in [-0.15, -0.1) is 0 Å². The summed E-state index contributed by atoms with van der Waals surface area (Å²) >= 11 is 0. The first-order chi connectivity index (χ1) is 8.76. The van der Waals surface area contributed by atoms with Gasteiger partial charge in [-0.2, -0.15) is 0 Å². The van der Waals surface area contributed by atoms with Crippen molar-refractivity contribution in [2.24, 2.45) is 0 Å². The van der Waals surface area contributed by atoms with Gasteiger partial charge in [0, 0.05) is 38.2 Å². The molecule has 0 aliphatic carbocycles. The minimum absolute atomic E-state index is 0.0510. The van der Waals surface area contributed by atoms with E-state index in [1.807, 2.05) is 12.3 Å². The van der Waals surface area contributed by atoms with Gasteiger partial charge in [0.1, 0.15) is 0 Å². The number of piperidine rings is 1. The summed E-state index contributed by atoms with van der Waals surface area (Å²) in [5.41, 5.74) is 1.18. The van der Waals surface area contributed by atoms with E-state index < -0.39 is 0 Å². The van der Waals surface area contributed by atoms with Crippen LogP contribution in [0.1, 0.15) is 31.2 Å². The number of ether oxygens (including phenoxy) is 1. The van der Waals surface area contributed by atoms with E-state index in [0.717, 1.165) is 45.3 Å². The molecule has 1 aromatic heterocycles. The first kappa shape index (κ1) is 12.2. The Morgan fingerprint density at radius 1 is 1.39 bits per heavy atom. The lowest BCUT2D eigenvalue weighted by atomic mass is 9.83. The van der Waals surface area contributed by atoms with Gasteiger partial charge in [-0.3, -0.25) is 4.90 Å². The summed E-state index contributed by atoms with van der Waals surface area (Å²) in [6.07, 6.45) is 7.03. The molecule has 0 saturated carbocycles. The molecule has 100 valence electrons. The fourth-order valence-corrected chi connectivity index (χ4v) is 3.11. The van der Waals surface area contributed by atoms with Crippen LogP contribution in [0.5, 0.6) is 0 Å². The third-order valence-electron chi connectivity index (χ3n) is 4.22. The van der Waals surface area contributed by atoms with Crippen molar-refractivity contribution in [3.05, 3.63) is 24.2 Å². The molecule has 1 aromatic rings. The zero-order valence-electron chi connectivity index (χ0n) is 10.7. The van der Waals surface area contributed by atoms with Gasteiger partial charge in [0.2, 0.25) is 0 Å². The quantitative estimate of drug-likeness (QED) is 0.870. The van der Waals surface area contributed by atoms with Crippen LogP contribution in [0.15, 0.2) is 23.0 Å². The van der Waals surface area contributed by atoms with E-state index in [-0.39, 0.29) is 11.7 Å². The smallest absolute Gasteiger partial charge is 0.0947 e. The van der Waals surface area contributed by atoms with Crippen LogP contribution in [0, 0.1) is 0 Å². The second-order valence-electron chi connectivity index (χ2n) is 5.59. The number of rotatable bonds is 2. The topological polar surface area (TPSA) is 45.8 Å². The van der Waals surface area contributed by atoms with Gasteiger partial charge >= 0.3 is 0 Å². The highest BCUT2D eigenvalue weighted by Crippen LogP contribution is 2.35. The van der Waals surface area contributed by atoms with Crippen molar-refractivity contribution in [1.82, 2.24) is 4.90 Å². The molecule has 0 bridgehead atoms. The van der Waals surface area contributed by atoms with Gasteiger partial charge in [-0.05, 0) is 25.3 Å². The number of aliphatic hydroxyl groups excluding tert-OH is 1. The largest absolute Gasteiger partial charge is 0.472 e. The minimum atomic E-state index is -0.167. The molecule has 0 amide bonds. The average molecular weight is 251 g/mol. The van der Waals surface area contributed by atoms with Gasteiger partial charge in [0.05, 0.1) is 24.2 Å². The molecule has 1 unspecified atom stereocenters. The van der Waals surface area contributed by atoms with Crippen molar-refractivity contribution in [1.29, 1.82) is 0 Å². The summed E-state index contributed by atoms with van der Waals surface area (Å²) < 4.78 is 11.1. The lowest BCUT2D eigenvalue weighted by molar-refractivity contribution is -0.143. The highest BCUT2D eigenvalue weighted by atomic mass is 16.5. The second kappa shape index (κ2) is 5.03. The standard InChI is InChI=1S/C14H21NO3/c16-13-2-8-18-14(9-13)3-5-15(6-4-14)10-12-1-7-17-11-12/h1,7,11,13,16H,2-6,8-10H2. The molecule has 3 rings (SSSR count). The molecule has 4 heteroatoms. The van der Waals surface area contributed by atoms with Crippen LogP contribution in [0.3, 0.4) is 0 Å². The van der Waals surface area contributed by atoms with E-state index in [0.29, 0.717) is 6.61 Å².